The van der Waals surface area contributed by atoms with Gasteiger partial charge in [-0.05, 0) is 25.3 Å². The molecule has 1 fully saturated rings. The van der Waals surface area contributed by atoms with Crippen LogP contribution in [0.2, 0.25) is 0 Å². The van der Waals surface area contributed by atoms with Crippen LogP contribution in [0.4, 0.5) is 0 Å². The molecule has 1 aliphatic heterocycles. The lowest BCUT2D eigenvalue weighted by atomic mass is 9.98. The standard InChI is InChI=1S/C22H23N3O4S/c1-2-29-22(28)16-9-6-10-24(11-16)18(26)12-25-14-23-20-19(21(25)27)17(13-30-20)15-7-4-3-5-8-15/h3-5,7-8,13-14,16H,2,6,9-12H2,1H3. The quantitative estimate of drug-likeness (QED) is 0.587. The predicted octanol–water partition coefficient (Wildman–Crippen LogP) is 2.93. The Hall–Kier alpha value is -3.00. The maximum Gasteiger partial charge on any atom is 0.310 e. The number of hydrogen-bond donors (Lipinski definition) is 0. The number of benzene rings is 1. The second-order valence-corrected chi connectivity index (χ2v) is 8.16. The number of nitrogens with zero attached hydrogens (tertiary/aromatic N) is 3. The number of carbonyl (C=O) groups is 2. The van der Waals surface area contributed by atoms with Crippen molar-refractivity contribution in [1.82, 2.24) is 14.5 Å². The molecule has 1 atom stereocenters. The average molecular weight is 426 g/mol. The first kappa shape index (κ1) is 20.3. The van der Waals surface area contributed by atoms with Crippen molar-refractivity contribution in [2.24, 2.45) is 5.92 Å². The van der Waals surface area contributed by atoms with Crippen LogP contribution in [-0.2, 0) is 20.9 Å². The summed E-state index contributed by atoms with van der Waals surface area (Å²) in [5.41, 5.74) is 1.54. The van der Waals surface area contributed by atoms with Crippen molar-refractivity contribution in [2.75, 3.05) is 19.7 Å². The zero-order valence-electron chi connectivity index (χ0n) is 16.7. The van der Waals surface area contributed by atoms with E-state index in [0.29, 0.717) is 36.3 Å². The number of thiophene rings is 1. The van der Waals surface area contributed by atoms with Gasteiger partial charge >= 0.3 is 5.97 Å². The van der Waals surface area contributed by atoms with Gasteiger partial charge in [-0.3, -0.25) is 19.0 Å². The number of likely N-dealkylation sites (tertiary alicyclic amines) is 1. The van der Waals surface area contributed by atoms with Gasteiger partial charge in [0.25, 0.3) is 5.56 Å². The van der Waals surface area contributed by atoms with E-state index in [1.807, 2.05) is 35.7 Å². The monoisotopic (exact) mass is 425 g/mol. The van der Waals surface area contributed by atoms with E-state index in [-0.39, 0.29) is 29.9 Å². The summed E-state index contributed by atoms with van der Waals surface area (Å²) in [6, 6.07) is 9.68. The van der Waals surface area contributed by atoms with Crippen LogP contribution in [0.3, 0.4) is 0 Å². The lowest BCUT2D eigenvalue weighted by Crippen LogP contribution is -2.45. The molecule has 8 heteroatoms. The summed E-state index contributed by atoms with van der Waals surface area (Å²) >= 11 is 1.42. The van der Waals surface area contributed by atoms with Crippen LogP contribution in [0.5, 0.6) is 0 Å². The molecule has 1 amide bonds. The van der Waals surface area contributed by atoms with Gasteiger partial charge in [-0.2, -0.15) is 0 Å². The number of aromatic nitrogens is 2. The van der Waals surface area contributed by atoms with E-state index in [9.17, 15) is 14.4 Å². The van der Waals surface area contributed by atoms with Crippen LogP contribution in [0.25, 0.3) is 21.3 Å². The smallest absolute Gasteiger partial charge is 0.310 e. The number of amides is 1. The van der Waals surface area contributed by atoms with Crippen molar-refractivity contribution >= 4 is 33.4 Å². The van der Waals surface area contributed by atoms with E-state index in [0.717, 1.165) is 17.5 Å². The van der Waals surface area contributed by atoms with E-state index in [1.165, 1.54) is 22.2 Å². The number of ether oxygens (including phenoxy) is 1. The van der Waals surface area contributed by atoms with Crippen LogP contribution in [-0.4, -0.2) is 46.0 Å². The molecule has 0 radical (unpaired) electrons. The Kier molecular flexibility index (Phi) is 5.94. The SMILES string of the molecule is CCOC(=O)C1CCCN(C(=O)Cn2cnc3scc(-c4ccccc4)c3c2=O)C1. The molecule has 0 spiro atoms. The number of carbonyl (C=O) groups excluding carboxylic acids is 2. The topological polar surface area (TPSA) is 81.5 Å². The molecule has 2 aromatic heterocycles. The van der Waals surface area contributed by atoms with E-state index in [1.54, 1.807) is 11.8 Å². The maximum absolute atomic E-state index is 13.1. The summed E-state index contributed by atoms with van der Waals surface area (Å²) in [6.07, 6.45) is 2.89. The highest BCUT2D eigenvalue weighted by Crippen LogP contribution is 2.30. The molecule has 1 aromatic carbocycles. The molecule has 0 N–H and O–H groups in total. The van der Waals surface area contributed by atoms with Gasteiger partial charge in [0.1, 0.15) is 11.4 Å². The maximum atomic E-state index is 13.1. The summed E-state index contributed by atoms with van der Waals surface area (Å²) in [7, 11) is 0. The lowest BCUT2D eigenvalue weighted by Gasteiger charge is -2.31. The van der Waals surface area contributed by atoms with E-state index in [4.69, 9.17) is 4.74 Å². The highest BCUT2D eigenvalue weighted by molar-refractivity contribution is 7.17. The Morgan fingerprint density at radius 1 is 1.27 bits per heavy atom. The first-order valence-electron chi connectivity index (χ1n) is 10.0. The minimum absolute atomic E-state index is 0.0958. The Bertz CT molecular complexity index is 1120. The van der Waals surface area contributed by atoms with Crippen molar-refractivity contribution in [3.05, 3.63) is 52.4 Å². The van der Waals surface area contributed by atoms with Crippen molar-refractivity contribution in [3.8, 4) is 11.1 Å². The average Bonchev–Trinajstić information content (AvgIpc) is 3.21. The minimum atomic E-state index is -0.304. The van der Waals surface area contributed by atoms with Crippen LogP contribution < -0.4 is 5.56 Å². The Balaban J connectivity index is 1.57. The highest BCUT2D eigenvalue weighted by atomic mass is 32.1. The molecule has 3 aromatic rings. The number of rotatable bonds is 5. The van der Waals surface area contributed by atoms with Crippen molar-refractivity contribution < 1.29 is 14.3 Å². The third kappa shape index (κ3) is 4.00. The molecular weight excluding hydrogens is 402 g/mol. The zero-order valence-corrected chi connectivity index (χ0v) is 17.6. The fourth-order valence-corrected chi connectivity index (χ4v) is 4.72. The van der Waals surface area contributed by atoms with Crippen LogP contribution in [0, 0.1) is 5.92 Å². The summed E-state index contributed by atoms with van der Waals surface area (Å²) in [5.74, 6) is -0.758. The number of hydrogen-bond acceptors (Lipinski definition) is 6. The molecule has 0 aliphatic carbocycles. The summed E-state index contributed by atoms with van der Waals surface area (Å²) in [6.45, 7) is 2.91. The molecule has 1 aliphatic rings. The number of fused-ring (bicyclic) bond motifs is 1. The molecule has 4 rings (SSSR count). The van der Waals surface area contributed by atoms with Gasteiger partial charge in [0.15, 0.2) is 0 Å². The van der Waals surface area contributed by atoms with Crippen molar-refractivity contribution in [1.29, 1.82) is 0 Å². The zero-order chi connectivity index (χ0) is 21.1. The Labute approximate surface area is 177 Å². The molecule has 30 heavy (non-hydrogen) atoms. The fourth-order valence-electron chi connectivity index (χ4n) is 3.81. The van der Waals surface area contributed by atoms with E-state index < -0.39 is 0 Å². The minimum Gasteiger partial charge on any atom is -0.466 e. The molecular formula is C22H23N3O4S. The molecule has 0 saturated carbocycles. The Morgan fingerprint density at radius 3 is 2.83 bits per heavy atom. The van der Waals surface area contributed by atoms with Gasteiger partial charge in [-0.25, -0.2) is 4.98 Å². The van der Waals surface area contributed by atoms with Gasteiger partial charge in [0, 0.05) is 24.0 Å². The largest absolute Gasteiger partial charge is 0.466 e. The number of piperidine rings is 1. The fraction of sp³-hybridized carbons (Fsp3) is 0.364. The van der Waals surface area contributed by atoms with Gasteiger partial charge in [0.05, 0.1) is 24.2 Å². The van der Waals surface area contributed by atoms with Crippen LogP contribution in [0.1, 0.15) is 19.8 Å². The molecule has 7 nitrogen and oxygen atoms in total. The first-order chi connectivity index (χ1) is 14.6. The second kappa shape index (κ2) is 8.79. The molecule has 0 bridgehead atoms. The predicted molar refractivity (Wildman–Crippen MR) is 115 cm³/mol. The van der Waals surface area contributed by atoms with E-state index >= 15 is 0 Å². The second-order valence-electron chi connectivity index (χ2n) is 7.30. The number of esters is 1. The van der Waals surface area contributed by atoms with Crippen molar-refractivity contribution in [3.63, 3.8) is 0 Å². The van der Waals surface area contributed by atoms with Crippen molar-refractivity contribution in [2.45, 2.75) is 26.3 Å². The molecule has 1 saturated heterocycles. The van der Waals surface area contributed by atoms with Gasteiger partial charge in [-0.15, -0.1) is 11.3 Å². The molecule has 3 heterocycles. The highest BCUT2D eigenvalue weighted by Gasteiger charge is 2.29. The molecule has 1 unspecified atom stereocenters. The third-order valence-corrected chi connectivity index (χ3v) is 6.23. The lowest BCUT2D eigenvalue weighted by molar-refractivity contribution is -0.151. The molecule has 156 valence electrons. The summed E-state index contributed by atoms with van der Waals surface area (Å²) < 4.78 is 6.46. The summed E-state index contributed by atoms with van der Waals surface area (Å²) in [4.78, 5) is 44.7. The van der Waals surface area contributed by atoms with Gasteiger partial charge in [0.2, 0.25) is 5.91 Å². The van der Waals surface area contributed by atoms with Gasteiger partial charge < -0.3 is 9.64 Å². The van der Waals surface area contributed by atoms with Gasteiger partial charge in [-0.1, -0.05) is 30.3 Å². The normalized spacial score (nSPS) is 16.6. The third-order valence-electron chi connectivity index (χ3n) is 5.35. The van der Waals surface area contributed by atoms with E-state index in [2.05, 4.69) is 4.98 Å². The Morgan fingerprint density at radius 2 is 2.07 bits per heavy atom. The first-order valence-corrected chi connectivity index (χ1v) is 10.9. The van der Waals surface area contributed by atoms with Crippen LogP contribution >= 0.6 is 11.3 Å². The van der Waals surface area contributed by atoms with Crippen LogP contribution in [0.15, 0.2) is 46.8 Å². The summed E-state index contributed by atoms with van der Waals surface area (Å²) in [5, 5.41) is 2.46.